The average molecular weight is 303 g/mol. The molecule has 0 unspecified atom stereocenters. The Morgan fingerprint density at radius 3 is 3.05 bits per heavy atom. The van der Waals surface area contributed by atoms with E-state index in [1.54, 1.807) is 12.1 Å². The zero-order valence-corrected chi connectivity index (χ0v) is 12.1. The monoisotopic (exact) mass is 303 g/mol. The highest BCUT2D eigenvalue weighted by Crippen LogP contribution is 2.30. The molecular formula is C14H13N3O3S. The van der Waals surface area contributed by atoms with Crippen molar-refractivity contribution in [3.8, 4) is 11.5 Å². The van der Waals surface area contributed by atoms with Gasteiger partial charge in [-0.15, -0.1) is 11.3 Å². The van der Waals surface area contributed by atoms with Gasteiger partial charge >= 0.3 is 0 Å². The minimum atomic E-state index is -0.714. The van der Waals surface area contributed by atoms with Crippen LogP contribution in [0, 0.1) is 6.92 Å². The summed E-state index contributed by atoms with van der Waals surface area (Å²) in [5, 5.41) is 6.68. The zero-order chi connectivity index (χ0) is 14.7. The second-order valence-corrected chi connectivity index (χ2v) is 5.45. The summed E-state index contributed by atoms with van der Waals surface area (Å²) in [5.74, 6) is 0.846. The fraction of sp³-hybridized carbons (Fsp3) is 0.214. The third-order valence-electron chi connectivity index (χ3n) is 2.81. The maximum Gasteiger partial charge on any atom is 0.284 e. The van der Waals surface area contributed by atoms with Gasteiger partial charge in [-0.3, -0.25) is 4.79 Å². The molecule has 7 heteroatoms. The lowest BCUT2D eigenvalue weighted by atomic mass is 10.2. The van der Waals surface area contributed by atoms with Crippen LogP contribution in [0.15, 0.2) is 34.7 Å². The molecule has 1 N–H and O–H groups in total. The number of amides is 1. The summed E-state index contributed by atoms with van der Waals surface area (Å²) in [6, 6.07) is 7.23. The number of aromatic nitrogens is 1. The maximum atomic E-state index is 12.0. The van der Waals surface area contributed by atoms with Gasteiger partial charge in [0.1, 0.15) is 6.61 Å². The third-order valence-corrected chi connectivity index (χ3v) is 3.60. The smallest absolute Gasteiger partial charge is 0.284 e. The summed E-state index contributed by atoms with van der Waals surface area (Å²) in [6.45, 7) is 2.07. The summed E-state index contributed by atoms with van der Waals surface area (Å²) in [5.41, 5.74) is 3.14. The number of carbonyl (C=O) groups is 1. The number of thiazole rings is 1. The highest BCUT2D eigenvalue weighted by atomic mass is 32.1. The molecule has 2 heterocycles. The number of hydrazone groups is 1. The highest BCUT2D eigenvalue weighted by Gasteiger charge is 2.26. The van der Waals surface area contributed by atoms with Gasteiger partial charge in [-0.05, 0) is 19.1 Å². The lowest BCUT2D eigenvalue weighted by Gasteiger charge is -2.24. The molecule has 2 aromatic rings. The van der Waals surface area contributed by atoms with Gasteiger partial charge in [0.25, 0.3) is 5.91 Å². The van der Waals surface area contributed by atoms with Crippen molar-refractivity contribution < 1.29 is 14.3 Å². The van der Waals surface area contributed by atoms with Crippen LogP contribution >= 0.6 is 11.3 Å². The average Bonchev–Trinajstić information content (AvgIpc) is 2.92. The van der Waals surface area contributed by atoms with Gasteiger partial charge in [-0.1, -0.05) is 12.1 Å². The van der Waals surface area contributed by atoms with Gasteiger partial charge in [-0.2, -0.15) is 5.10 Å². The normalized spacial score (nSPS) is 16.9. The van der Waals surface area contributed by atoms with E-state index in [1.807, 2.05) is 24.4 Å². The van der Waals surface area contributed by atoms with Crippen molar-refractivity contribution in [3.63, 3.8) is 0 Å². The van der Waals surface area contributed by atoms with Crippen LogP contribution in [0.25, 0.3) is 0 Å². The molecule has 1 atom stereocenters. The molecule has 3 rings (SSSR count). The number of nitrogens with one attached hydrogen (secondary N) is 1. The third kappa shape index (κ3) is 3.19. The van der Waals surface area contributed by atoms with E-state index in [-0.39, 0.29) is 12.5 Å². The first kappa shape index (κ1) is 13.6. The molecule has 0 bridgehead atoms. The molecule has 1 aromatic heterocycles. The molecule has 0 aliphatic carbocycles. The standard InChI is InChI=1S/C14H13N3O3S/c1-9-16-10(8-21-9)6-15-17-14(18)13-7-19-11-4-2-3-5-12(11)20-13/h2-6,8,13H,7H2,1H3,(H,17,18)/b15-6-/t13-/m0/s1. The Kier molecular flexibility index (Phi) is 3.83. The largest absolute Gasteiger partial charge is 0.485 e. The Morgan fingerprint density at radius 1 is 1.48 bits per heavy atom. The van der Waals surface area contributed by atoms with E-state index >= 15 is 0 Å². The number of ether oxygens (including phenoxy) is 2. The predicted octanol–water partition coefficient (Wildman–Crippen LogP) is 1.74. The SMILES string of the molecule is Cc1nc(/C=N\NC(=O)[C@@H]2COc3ccccc3O2)cs1. The zero-order valence-electron chi connectivity index (χ0n) is 11.3. The van der Waals surface area contributed by atoms with Gasteiger partial charge in [0.2, 0.25) is 6.10 Å². The van der Waals surface area contributed by atoms with Crippen LogP contribution in [0.4, 0.5) is 0 Å². The Balaban J connectivity index is 1.58. The number of fused-ring (bicyclic) bond motifs is 1. The molecule has 108 valence electrons. The van der Waals surface area contributed by atoms with E-state index in [9.17, 15) is 4.79 Å². The number of rotatable bonds is 3. The lowest BCUT2D eigenvalue weighted by molar-refractivity contribution is -0.130. The number of nitrogens with zero attached hydrogens (tertiary/aromatic N) is 2. The summed E-state index contributed by atoms with van der Waals surface area (Å²) in [7, 11) is 0. The molecule has 0 saturated heterocycles. The first-order valence-corrected chi connectivity index (χ1v) is 7.24. The molecule has 1 aliphatic heterocycles. The first-order valence-electron chi connectivity index (χ1n) is 6.36. The van der Waals surface area contributed by atoms with E-state index < -0.39 is 6.10 Å². The summed E-state index contributed by atoms with van der Waals surface area (Å²) < 4.78 is 11.1. The first-order chi connectivity index (χ1) is 10.2. The number of aryl methyl sites for hydroxylation is 1. The Labute approximate surface area is 125 Å². The Morgan fingerprint density at radius 2 is 2.29 bits per heavy atom. The van der Waals surface area contributed by atoms with Crippen molar-refractivity contribution in [3.05, 3.63) is 40.3 Å². The van der Waals surface area contributed by atoms with Gasteiger partial charge in [-0.25, -0.2) is 10.4 Å². The minimum Gasteiger partial charge on any atom is -0.485 e. The number of hydrogen-bond donors (Lipinski definition) is 1. The molecule has 21 heavy (non-hydrogen) atoms. The van der Waals surface area contributed by atoms with Crippen LogP contribution in [0.3, 0.4) is 0 Å². The molecule has 0 saturated carbocycles. The molecule has 0 spiro atoms. The number of para-hydroxylation sites is 2. The number of benzene rings is 1. The van der Waals surface area contributed by atoms with Crippen molar-refractivity contribution in [2.45, 2.75) is 13.0 Å². The Bertz CT molecular complexity index is 684. The van der Waals surface area contributed by atoms with Crippen molar-refractivity contribution in [2.75, 3.05) is 6.61 Å². The van der Waals surface area contributed by atoms with Gasteiger partial charge in [0.05, 0.1) is 16.9 Å². The molecular weight excluding hydrogens is 290 g/mol. The molecule has 6 nitrogen and oxygen atoms in total. The van der Waals surface area contributed by atoms with E-state index in [4.69, 9.17) is 9.47 Å². The van der Waals surface area contributed by atoms with E-state index in [0.717, 1.165) is 5.01 Å². The van der Waals surface area contributed by atoms with Crippen LogP contribution < -0.4 is 14.9 Å². The van der Waals surface area contributed by atoms with Gasteiger partial charge < -0.3 is 9.47 Å². The topological polar surface area (TPSA) is 72.8 Å². The van der Waals surface area contributed by atoms with Crippen molar-refractivity contribution >= 4 is 23.5 Å². The van der Waals surface area contributed by atoms with E-state index in [1.165, 1.54) is 17.6 Å². The summed E-state index contributed by atoms with van der Waals surface area (Å²) >= 11 is 1.52. The van der Waals surface area contributed by atoms with Crippen LogP contribution in [0.2, 0.25) is 0 Å². The second-order valence-electron chi connectivity index (χ2n) is 4.39. The minimum absolute atomic E-state index is 0.161. The van der Waals surface area contributed by atoms with Crippen molar-refractivity contribution in [1.82, 2.24) is 10.4 Å². The molecule has 1 amide bonds. The molecule has 0 fully saturated rings. The molecule has 1 aromatic carbocycles. The number of hydrogen-bond acceptors (Lipinski definition) is 6. The quantitative estimate of drug-likeness (QED) is 0.692. The van der Waals surface area contributed by atoms with Gasteiger partial charge in [0.15, 0.2) is 11.5 Å². The van der Waals surface area contributed by atoms with E-state index in [2.05, 4.69) is 15.5 Å². The van der Waals surface area contributed by atoms with Gasteiger partial charge in [0, 0.05) is 5.38 Å². The van der Waals surface area contributed by atoms with Crippen molar-refractivity contribution in [2.24, 2.45) is 5.10 Å². The van der Waals surface area contributed by atoms with Crippen LogP contribution in [-0.4, -0.2) is 29.8 Å². The van der Waals surface area contributed by atoms with Crippen LogP contribution in [0.5, 0.6) is 11.5 Å². The number of carbonyl (C=O) groups excluding carboxylic acids is 1. The Hall–Kier alpha value is -2.41. The lowest BCUT2D eigenvalue weighted by Crippen LogP contribution is -2.42. The van der Waals surface area contributed by atoms with Crippen LogP contribution in [-0.2, 0) is 4.79 Å². The van der Waals surface area contributed by atoms with Crippen molar-refractivity contribution in [1.29, 1.82) is 0 Å². The fourth-order valence-corrected chi connectivity index (χ4v) is 2.39. The second kappa shape index (κ2) is 5.92. The molecule has 1 aliphatic rings. The fourth-order valence-electron chi connectivity index (χ4n) is 1.82. The summed E-state index contributed by atoms with van der Waals surface area (Å²) in [4.78, 5) is 16.2. The predicted molar refractivity (Wildman–Crippen MR) is 78.9 cm³/mol. The van der Waals surface area contributed by atoms with E-state index in [0.29, 0.717) is 17.2 Å². The maximum absolute atomic E-state index is 12.0. The summed E-state index contributed by atoms with van der Waals surface area (Å²) in [6.07, 6.45) is 0.785. The highest BCUT2D eigenvalue weighted by molar-refractivity contribution is 7.09. The molecule has 0 radical (unpaired) electrons. The van der Waals surface area contributed by atoms with Crippen LogP contribution in [0.1, 0.15) is 10.7 Å².